The fourth-order valence-electron chi connectivity index (χ4n) is 3.01. The predicted molar refractivity (Wildman–Crippen MR) is 142 cm³/mol. The summed E-state index contributed by atoms with van der Waals surface area (Å²) < 4.78 is 33.5. The van der Waals surface area contributed by atoms with Crippen molar-refractivity contribution in [2.45, 2.75) is 4.90 Å². The van der Waals surface area contributed by atoms with E-state index < -0.39 is 10.0 Å². The van der Waals surface area contributed by atoms with Crippen LogP contribution in [0.2, 0.25) is 5.02 Å². The van der Waals surface area contributed by atoms with E-state index in [0.29, 0.717) is 27.3 Å². The van der Waals surface area contributed by atoms with Gasteiger partial charge in [-0.3, -0.25) is 4.72 Å². The topological polar surface area (TPSA) is 79.5 Å². The van der Waals surface area contributed by atoms with E-state index in [1.165, 1.54) is 12.1 Å². The van der Waals surface area contributed by atoms with E-state index in [1.807, 2.05) is 54.6 Å². The second kappa shape index (κ2) is 10.6. The molecule has 9 heteroatoms. The summed E-state index contributed by atoms with van der Waals surface area (Å²) in [5, 5.41) is 6.93. The van der Waals surface area contributed by atoms with E-state index in [9.17, 15) is 8.42 Å². The molecule has 172 valence electrons. The lowest BCUT2D eigenvalue weighted by Crippen LogP contribution is -2.19. The molecule has 0 spiro atoms. The van der Waals surface area contributed by atoms with Crippen LogP contribution in [0.5, 0.6) is 11.5 Å². The summed E-state index contributed by atoms with van der Waals surface area (Å²) in [6.07, 6.45) is 0. The zero-order valence-corrected chi connectivity index (χ0v) is 20.1. The van der Waals surface area contributed by atoms with Crippen molar-refractivity contribution in [3.05, 3.63) is 108 Å². The molecule has 4 rings (SSSR count). The summed E-state index contributed by atoms with van der Waals surface area (Å²) >= 11 is 11.3. The Kier molecular flexibility index (Phi) is 7.32. The number of para-hydroxylation sites is 1. The standard InChI is InChI=1S/C25H20ClN3O3S2/c26-18-5-4-6-21(17-18)29-34(30,31)24-15-11-20(12-16-24)28-25(33)27-19-9-13-23(14-10-19)32-22-7-2-1-3-8-22/h1-17,29H,(H2,27,28,33). The SMILES string of the molecule is O=S(=O)(Nc1cccc(Cl)c1)c1ccc(NC(=S)Nc2ccc(Oc3ccccc3)cc2)cc1. The lowest BCUT2D eigenvalue weighted by atomic mass is 10.3. The van der Waals surface area contributed by atoms with Crippen molar-refractivity contribution in [1.82, 2.24) is 0 Å². The fraction of sp³-hybridized carbons (Fsp3) is 0. The highest BCUT2D eigenvalue weighted by Gasteiger charge is 2.14. The smallest absolute Gasteiger partial charge is 0.261 e. The van der Waals surface area contributed by atoms with E-state index in [0.717, 1.165) is 11.4 Å². The second-order valence-corrected chi connectivity index (χ2v) is 9.69. The first kappa shape index (κ1) is 23.6. The molecule has 0 aliphatic carbocycles. The molecule has 0 aromatic heterocycles. The molecule has 0 atom stereocenters. The molecule has 0 unspecified atom stereocenters. The molecule has 0 saturated carbocycles. The fourth-order valence-corrected chi connectivity index (χ4v) is 4.48. The lowest BCUT2D eigenvalue weighted by Gasteiger charge is -2.12. The van der Waals surface area contributed by atoms with E-state index in [2.05, 4.69) is 15.4 Å². The van der Waals surface area contributed by atoms with Crippen LogP contribution in [0.15, 0.2) is 108 Å². The average Bonchev–Trinajstić information content (AvgIpc) is 2.81. The van der Waals surface area contributed by atoms with E-state index in [1.54, 1.807) is 36.4 Å². The maximum atomic E-state index is 12.6. The number of anilines is 3. The van der Waals surface area contributed by atoms with Gasteiger partial charge in [0, 0.05) is 16.4 Å². The van der Waals surface area contributed by atoms with E-state index in [4.69, 9.17) is 28.6 Å². The van der Waals surface area contributed by atoms with Gasteiger partial charge in [-0.1, -0.05) is 35.9 Å². The average molecular weight is 510 g/mol. The maximum absolute atomic E-state index is 12.6. The van der Waals surface area contributed by atoms with Crippen molar-refractivity contribution in [1.29, 1.82) is 0 Å². The molecule has 4 aromatic rings. The van der Waals surface area contributed by atoms with Crippen LogP contribution >= 0.6 is 23.8 Å². The Morgan fingerprint density at radius 3 is 1.91 bits per heavy atom. The molecular weight excluding hydrogens is 490 g/mol. The van der Waals surface area contributed by atoms with Gasteiger partial charge >= 0.3 is 0 Å². The number of ether oxygens (including phenoxy) is 1. The van der Waals surface area contributed by atoms with Gasteiger partial charge in [-0.05, 0) is 91.1 Å². The Hall–Kier alpha value is -3.59. The van der Waals surface area contributed by atoms with Crippen LogP contribution in [0.25, 0.3) is 0 Å². The Morgan fingerprint density at radius 1 is 0.706 bits per heavy atom. The summed E-state index contributed by atoms with van der Waals surface area (Å²) in [6, 6.07) is 29.7. The molecule has 34 heavy (non-hydrogen) atoms. The molecule has 6 nitrogen and oxygen atoms in total. The molecular formula is C25H20ClN3O3S2. The number of benzene rings is 4. The van der Waals surface area contributed by atoms with E-state index >= 15 is 0 Å². The summed E-state index contributed by atoms with van der Waals surface area (Å²) in [5.74, 6) is 1.47. The molecule has 0 saturated heterocycles. The number of hydrogen-bond donors (Lipinski definition) is 3. The van der Waals surface area contributed by atoms with Gasteiger partial charge in [0.25, 0.3) is 10.0 Å². The number of rotatable bonds is 7. The normalized spacial score (nSPS) is 10.9. The molecule has 0 amide bonds. The van der Waals surface area contributed by atoms with Gasteiger partial charge in [0.1, 0.15) is 11.5 Å². The van der Waals surface area contributed by atoms with Crippen molar-refractivity contribution >= 4 is 56.0 Å². The Balaban J connectivity index is 1.33. The first-order chi connectivity index (χ1) is 16.4. The van der Waals surface area contributed by atoms with Crippen LogP contribution in [0, 0.1) is 0 Å². The number of halogens is 1. The van der Waals surface area contributed by atoms with Crippen LogP contribution in [0.3, 0.4) is 0 Å². The van der Waals surface area contributed by atoms with Gasteiger partial charge in [-0.25, -0.2) is 8.42 Å². The van der Waals surface area contributed by atoms with Crippen LogP contribution in [-0.2, 0) is 10.0 Å². The molecule has 0 heterocycles. The van der Waals surface area contributed by atoms with Gasteiger partial charge in [0.15, 0.2) is 5.11 Å². The van der Waals surface area contributed by atoms with Gasteiger partial charge < -0.3 is 15.4 Å². The number of hydrogen-bond acceptors (Lipinski definition) is 4. The van der Waals surface area contributed by atoms with Crippen LogP contribution in [-0.4, -0.2) is 13.5 Å². The summed E-state index contributed by atoms with van der Waals surface area (Å²) in [6.45, 7) is 0. The third-order valence-corrected chi connectivity index (χ3v) is 6.43. The molecule has 0 aliphatic heterocycles. The summed E-state index contributed by atoms with van der Waals surface area (Å²) in [5.41, 5.74) is 1.81. The Labute approximate surface area is 208 Å². The van der Waals surface area contributed by atoms with Gasteiger partial charge in [0.2, 0.25) is 0 Å². The molecule has 4 aromatic carbocycles. The van der Waals surface area contributed by atoms with Crippen molar-refractivity contribution in [3.8, 4) is 11.5 Å². The third-order valence-electron chi connectivity index (χ3n) is 4.59. The molecule has 0 aliphatic rings. The van der Waals surface area contributed by atoms with Gasteiger partial charge in [0.05, 0.1) is 10.6 Å². The second-order valence-electron chi connectivity index (χ2n) is 7.16. The Morgan fingerprint density at radius 2 is 1.29 bits per heavy atom. The monoisotopic (exact) mass is 509 g/mol. The predicted octanol–water partition coefficient (Wildman–Crippen LogP) is 6.74. The number of sulfonamides is 1. The van der Waals surface area contributed by atoms with Gasteiger partial charge in [-0.2, -0.15) is 0 Å². The number of thiocarbonyl (C=S) groups is 1. The zero-order chi connectivity index (χ0) is 24.0. The summed E-state index contributed by atoms with van der Waals surface area (Å²) in [4.78, 5) is 0.117. The zero-order valence-electron chi connectivity index (χ0n) is 17.7. The minimum absolute atomic E-state index is 0.117. The van der Waals surface area contributed by atoms with Crippen molar-refractivity contribution in [3.63, 3.8) is 0 Å². The largest absolute Gasteiger partial charge is 0.457 e. The van der Waals surface area contributed by atoms with E-state index in [-0.39, 0.29) is 4.90 Å². The van der Waals surface area contributed by atoms with Crippen molar-refractivity contribution in [2.75, 3.05) is 15.4 Å². The Bertz CT molecular complexity index is 1380. The summed E-state index contributed by atoms with van der Waals surface area (Å²) in [7, 11) is -3.75. The highest BCUT2D eigenvalue weighted by Crippen LogP contribution is 2.23. The van der Waals surface area contributed by atoms with Crippen LogP contribution < -0.4 is 20.1 Å². The third kappa shape index (κ3) is 6.48. The molecule has 3 N–H and O–H groups in total. The van der Waals surface area contributed by atoms with Crippen molar-refractivity contribution in [2.24, 2.45) is 0 Å². The van der Waals surface area contributed by atoms with Crippen LogP contribution in [0.4, 0.5) is 17.1 Å². The quantitative estimate of drug-likeness (QED) is 0.239. The first-order valence-corrected chi connectivity index (χ1v) is 12.4. The molecule has 0 radical (unpaired) electrons. The van der Waals surface area contributed by atoms with Crippen LogP contribution in [0.1, 0.15) is 0 Å². The highest BCUT2D eigenvalue weighted by atomic mass is 35.5. The maximum Gasteiger partial charge on any atom is 0.261 e. The highest BCUT2D eigenvalue weighted by molar-refractivity contribution is 7.92. The lowest BCUT2D eigenvalue weighted by molar-refractivity contribution is 0.483. The molecule has 0 fully saturated rings. The minimum atomic E-state index is -3.75. The van der Waals surface area contributed by atoms with Crippen molar-refractivity contribution < 1.29 is 13.2 Å². The molecule has 0 bridgehead atoms. The first-order valence-electron chi connectivity index (χ1n) is 10.2. The minimum Gasteiger partial charge on any atom is -0.457 e. The van der Waals surface area contributed by atoms with Gasteiger partial charge in [-0.15, -0.1) is 0 Å². The number of nitrogens with one attached hydrogen (secondary N) is 3.